The monoisotopic (exact) mass is 389 g/mol. The Morgan fingerprint density at radius 3 is 2.41 bits per heavy atom. The van der Waals surface area contributed by atoms with Crippen LogP contribution in [0.15, 0.2) is 29.6 Å². The summed E-state index contributed by atoms with van der Waals surface area (Å²) in [5, 5.41) is 11.7. The fourth-order valence-electron chi connectivity index (χ4n) is 3.15. The lowest BCUT2D eigenvalue weighted by molar-refractivity contribution is -0.139. The second-order valence-electron chi connectivity index (χ2n) is 6.81. The molecule has 0 aliphatic rings. The zero-order valence-electron chi connectivity index (χ0n) is 15.9. The van der Waals surface area contributed by atoms with Crippen molar-refractivity contribution < 1.29 is 14.7 Å². The number of carbonyl (C=O) groups is 2. The van der Waals surface area contributed by atoms with E-state index in [-0.39, 0.29) is 11.7 Å². The van der Waals surface area contributed by atoms with Crippen LogP contribution in [-0.2, 0) is 22.4 Å². The number of aromatic hydroxyl groups is 1. The molecule has 1 aromatic carbocycles. The highest BCUT2D eigenvalue weighted by Gasteiger charge is 2.28. The molecule has 7 heteroatoms. The first-order valence-corrected chi connectivity index (χ1v) is 9.75. The third-order valence-electron chi connectivity index (χ3n) is 4.76. The predicted octanol–water partition coefficient (Wildman–Crippen LogP) is 1.89. The van der Waals surface area contributed by atoms with Crippen LogP contribution in [0.3, 0.4) is 0 Å². The Morgan fingerprint density at radius 2 is 1.89 bits per heavy atom. The highest BCUT2D eigenvalue weighted by Crippen LogP contribution is 2.22. The normalized spacial score (nSPS) is 13.2. The summed E-state index contributed by atoms with van der Waals surface area (Å²) < 4.78 is 0. The Bertz CT molecular complexity index is 782. The van der Waals surface area contributed by atoms with E-state index in [9.17, 15) is 14.7 Å². The maximum Gasteiger partial charge on any atom is 0.240 e. The van der Waals surface area contributed by atoms with Crippen molar-refractivity contribution in [1.29, 1.82) is 0 Å². The second-order valence-corrected chi connectivity index (χ2v) is 7.84. The Balaban J connectivity index is 2.16. The first-order chi connectivity index (χ1) is 12.7. The van der Waals surface area contributed by atoms with E-state index >= 15 is 0 Å². The van der Waals surface area contributed by atoms with Gasteiger partial charge in [0.2, 0.25) is 11.8 Å². The van der Waals surface area contributed by atoms with Crippen LogP contribution in [0.25, 0.3) is 0 Å². The first-order valence-electron chi connectivity index (χ1n) is 8.87. The molecule has 2 aromatic rings. The van der Waals surface area contributed by atoms with Gasteiger partial charge in [-0.3, -0.25) is 9.59 Å². The number of phenols is 1. The van der Waals surface area contributed by atoms with Crippen molar-refractivity contribution in [3.05, 3.63) is 51.2 Å². The largest absolute Gasteiger partial charge is 0.508 e. The molecular formula is C20H27N3O3S. The van der Waals surface area contributed by atoms with Gasteiger partial charge in [0.25, 0.3) is 0 Å². The van der Waals surface area contributed by atoms with Gasteiger partial charge in [0.05, 0.1) is 6.04 Å². The van der Waals surface area contributed by atoms with Gasteiger partial charge in [0, 0.05) is 11.4 Å². The molecule has 2 rings (SSSR count). The Hall–Kier alpha value is -2.38. The van der Waals surface area contributed by atoms with E-state index in [0.717, 1.165) is 21.6 Å². The average molecular weight is 390 g/mol. The molecular weight excluding hydrogens is 362 g/mol. The van der Waals surface area contributed by atoms with Crippen molar-refractivity contribution >= 4 is 23.2 Å². The summed E-state index contributed by atoms with van der Waals surface area (Å²) in [5.74, 6) is -0.669. The molecule has 0 saturated heterocycles. The number of amides is 2. The van der Waals surface area contributed by atoms with Crippen LogP contribution in [0, 0.1) is 13.8 Å². The fraction of sp³-hybridized carbons (Fsp3) is 0.400. The van der Waals surface area contributed by atoms with Gasteiger partial charge in [-0.2, -0.15) is 0 Å². The van der Waals surface area contributed by atoms with Crippen molar-refractivity contribution in [3.63, 3.8) is 0 Å². The maximum absolute atomic E-state index is 13.0. The fourth-order valence-corrected chi connectivity index (χ4v) is 3.84. The molecule has 6 nitrogen and oxygen atoms in total. The molecule has 1 heterocycles. The number of rotatable bonds is 8. The maximum atomic E-state index is 13.0. The lowest BCUT2D eigenvalue weighted by Gasteiger charge is -2.30. The molecule has 0 aliphatic carbocycles. The van der Waals surface area contributed by atoms with Crippen molar-refractivity contribution in [3.8, 4) is 5.75 Å². The molecule has 0 spiro atoms. The molecule has 0 bridgehead atoms. The summed E-state index contributed by atoms with van der Waals surface area (Å²) in [6.07, 6.45) is 0.975. The molecule has 146 valence electrons. The van der Waals surface area contributed by atoms with E-state index in [1.807, 2.05) is 31.4 Å². The van der Waals surface area contributed by atoms with Crippen LogP contribution < -0.4 is 11.5 Å². The lowest BCUT2D eigenvalue weighted by atomic mass is 9.95. The van der Waals surface area contributed by atoms with Gasteiger partial charge in [0.1, 0.15) is 11.8 Å². The number of thiophene rings is 1. The number of benzene rings is 1. The number of aryl methyl sites for hydroxylation is 2. The number of nitrogens with two attached hydrogens (primary N) is 2. The van der Waals surface area contributed by atoms with Gasteiger partial charge in [-0.1, -0.05) is 6.07 Å². The van der Waals surface area contributed by atoms with Crippen LogP contribution in [-0.4, -0.2) is 40.4 Å². The minimum Gasteiger partial charge on any atom is -0.508 e. The summed E-state index contributed by atoms with van der Waals surface area (Å²) in [7, 11) is 0. The van der Waals surface area contributed by atoms with E-state index in [1.54, 1.807) is 30.4 Å². The number of carbonyl (C=O) groups excluding carboxylic acids is 2. The van der Waals surface area contributed by atoms with E-state index in [2.05, 4.69) is 0 Å². The molecule has 27 heavy (non-hydrogen) atoms. The molecule has 0 aliphatic heterocycles. The second kappa shape index (κ2) is 9.01. The first kappa shape index (κ1) is 20.9. The molecule has 0 radical (unpaired) electrons. The molecule has 1 aromatic heterocycles. The lowest BCUT2D eigenvalue weighted by Crippen LogP contribution is -2.53. The number of primary amides is 1. The van der Waals surface area contributed by atoms with E-state index in [0.29, 0.717) is 19.4 Å². The molecule has 0 unspecified atom stereocenters. The molecule has 0 fully saturated rings. The molecule has 5 N–H and O–H groups in total. The number of phenolic OH excluding ortho intramolecular Hbond substituents is 1. The van der Waals surface area contributed by atoms with Gasteiger partial charge in [0.15, 0.2) is 0 Å². The van der Waals surface area contributed by atoms with Crippen LogP contribution in [0.4, 0.5) is 0 Å². The number of hydrogen-bond donors (Lipinski definition) is 3. The Kier molecular flexibility index (Phi) is 6.98. The Morgan fingerprint density at radius 1 is 1.26 bits per heavy atom. The average Bonchev–Trinajstić information content (AvgIpc) is 3.10. The summed E-state index contributed by atoms with van der Waals surface area (Å²) >= 11 is 1.60. The number of nitrogens with zero attached hydrogens (tertiary/aromatic N) is 1. The summed E-state index contributed by atoms with van der Waals surface area (Å²) in [4.78, 5) is 27.3. The van der Waals surface area contributed by atoms with E-state index in [1.165, 1.54) is 4.90 Å². The summed E-state index contributed by atoms with van der Waals surface area (Å²) in [6.45, 7) is 5.75. The highest BCUT2D eigenvalue weighted by molar-refractivity contribution is 7.09. The smallest absolute Gasteiger partial charge is 0.240 e. The molecule has 2 atom stereocenters. The van der Waals surface area contributed by atoms with Crippen molar-refractivity contribution in [2.24, 2.45) is 11.5 Å². The van der Waals surface area contributed by atoms with E-state index < -0.39 is 18.0 Å². The van der Waals surface area contributed by atoms with Gasteiger partial charge in [-0.15, -0.1) is 11.3 Å². The van der Waals surface area contributed by atoms with Crippen molar-refractivity contribution in [2.75, 3.05) is 6.54 Å². The van der Waals surface area contributed by atoms with Crippen LogP contribution >= 0.6 is 11.3 Å². The van der Waals surface area contributed by atoms with Crippen LogP contribution in [0.1, 0.15) is 28.5 Å². The van der Waals surface area contributed by atoms with E-state index in [4.69, 9.17) is 11.5 Å². The van der Waals surface area contributed by atoms with Crippen molar-refractivity contribution in [1.82, 2.24) is 4.90 Å². The minimum absolute atomic E-state index is 0.188. The topological polar surface area (TPSA) is 110 Å². The quantitative estimate of drug-likeness (QED) is 0.640. The summed E-state index contributed by atoms with van der Waals surface area (Å²) in [6, 6.07) is 5.72. The zero-order valence-corrected chi connectivity index (χ0v) is 16.8. The third kappa shape index (κ3) is 5.30. The minimum atomic E-state index is -0.794. The number of hydrogen-bond acceptors (Lipinski definition) is 5. The third-order valence-corrected chi connectivity index (χ3v) is 5.70. The van der Waals surface area contributed by atoms with Gasteiger partial charge in [-0.05, 0) is 73.9 Å². The van der Waals surface area contributed by atoms with Crippen molar-refractivity contribution in [2.45, 2.75) is 45.7 Å². The summed E-state index contributed by atoms with van der Waals surface area (Å²) in [5.41, 5.74) is 14.3. The molecule has 0 saturated carbocycles. The standard InChI is InChI=1S/C20H27N3O3S/c1-12-9-15(24)10-13(2)17(12)11-18(21)20(26)23(14(3)19(22)25)7-6-16-5-4-8-27-16/h4-5,8-10,14,18,24H,6-7,11,21H2,1-3H3,(H2,22,25)/t14-,18+/m1/s1. The zero-order chi connectivity index (χ0) is 20.1. The molecule has 2 amide bonds. The van der Waals surface area contributed by atoms with Crippen LogP contribution in [0.2, 0.25) is 0 Å². The van der Waals surface area contributed by atoms with Crippen LogP contribution in [0.5, 0.6) is 5.75 Å². The van der Waals surface area contributed by atoms with Gasteiger partial charge in [-0.25, -0.2) is 0 Å². The highest BCUT2D eigenvalue weighted by atomic mass is 32.1. The predicted molar refractivity (Wildman–Crippen MR) is 108 cm³/mol. The Labute approximate surface area is 163 Å². The SMILES string of the molecule is Cc1cc(O)cc(C)c1C[C@H](N)C(=O)N(CCc1cccs1)[C@H](C)C(N)=O. The van der Waals surface area contributed by atoms with Gasteiger partial charge < -0.3 is 21.5 Å². The van der Waals surface area contributed by atoms with Gasteiger partial charge >= 0.3 is 0 Å².